The molecule has 0 unspecified atom stereocenters. The lowest BCUT2D eigenvalue weighted by Crippen LogP contribution is -2.14. The standard InChI is InChI=1S/C29H25ClN2O2S/c30-24-15-7-4-11-21(24)19-34-25-16-8-5-10-20(25)18-31-29-27(23-14-6-9-17-26(23)35-29)28(33)32-22-12-2-1-3-13-22/h1-5,7-8,10-13,15-16,18H,6,9,14,17,19H2,(H,32,33). The number of benzene rings is 3. The minimum atomic E-state index is -0.106. The molecule has 35 heavy (non-hydrogen) atoms. The summed E-state index contributed by atoms with van der Waals surface area (Å²) in [6.45, 7) is 0.364. The molecule has 6 heteroatoms. The van der Waals surface area contributed by atoms with Crippen molar-refractivity contribution in [1.82, 2.24) is 0 Å². The fraction of sp³-hybridized carbons (Fsp3) is 0.172. The minimum Gasteiger partial charge on any atom is -0.488 e. The summed E-state index contributed by atoms with van der Waals surface area (Å²) in [6, 6.07) is 25.0. The number of hydrogen-bond donors (Lipinski definition) is 1. The van der Waals surface area contributed by atoms with Crippen LogP contribution < -0.4 is 10.1 Å². The maximum Gasteiger partial charge on any atom is 0.259 e. The molecule has 3 aromatic carbocycles. The predicted molar refractivity (Wildman–Crippen MR) is 145 cm³/mol. The van der Waals surface area contributed by atoms with Gasteiger partial charge in [-0.25, -0.2) is 4.99 Å². The molecule has 0 saturated heterocycles. The first-order valence-corrected chi connectivity index (χ1v) is 12.9. The monoisotopic (exact) mass is 500 g/mol. The number of nitrogens with zero attached hydrogens (tertiary/aromatic N) is 1. The molecule has 0 saturated carbocycles. The van der Waals surface area contributed by atoms with Gasteiger partial charge in [0.05, 0.1) is 5.56 Å². The van der Waals surface area contributed by atoms with Crippen molar-refractivity contribution in [2.75, 3.05) is 5.32 Å². The van der Waals surface area contributed by atoms with Crippen LogP contribution in [0.5, 0.6) is 5.75 Å². The van der Waals surface area contributed by atoms with Crippen LogP contribution in [0.1, 0.15) is 44.8 Å². The van der Waals surface area contributed by atoms with Gasteiger partial charge in [-0.15, -0.1) is 11.3 Å². The number of hydrogen-bond acceptors (Lipinski definition) is 4. The zero-order valence-corrected chi connectivity index (χ0v) is 20.7. The van der Waals surface area contributed by atoms with Gasteiger partial charge in [0.25, 0.3) is 5.91 Å². The first-order valence-electron chi connectivity index (χ1n) is 11.7. The van der Waals surface area contributed by atoms with E-state index in [0.717, 1.165) is 53.1 Å². The van der Waals surface area contributed by atoms with Crippen LogP contribution in [0, 0.1) is 0 Å². The third-order valence-corrected chi connectivity index (χ3v) is 7.56. The second kappa shape index (κ2) is 10.9. The lowest BCUT2D eigenvalue weighted by atomic mass is 9.95. The molecule has 1 amide bonds. The Morgan fingerprint density at radius 2 is 1.71 bits per heavy atom. The van der Waals surface area contributed by atoms with Crippen LogP contribution in [0.25, 0.3) is 0 Å². The molecule has 5 rings (SSSR count). The number of ether oxygens (including phenoxy) is 1. The van der Waals surface area contributed by atoms with Crippen LogP contribution in [0.3, 0.4) is 0 Å². The van der Waals surface area contributed by atoms with Crippen molar-refractivity contribution in [2.45, 2.75) is 32.3 Å². The van der Waals surface area contributed by atoms with Crippen LogP contribution in [0.4, 0.5) is 10.7 Å². The van der Waals surface area contributed by atoms with Crippen LogP contribution in [-0.4, -0.2) is 12.1 Å². The molecule has 0 radical (unpaired) electrons. The van der Waals surface area contributed by atoms with E-state index >= 15 is 0 Å². The molecule has 0 atom stereocenters. The average molecular weight is 501 g/mol. The Balaban J connectivity index is 1.42. The molecule has 1 N–H and O–H groups in total. The number of aryl methyl sites for hydroxylation is 1. The fourth-order valence-corrected chi connectivity index (χ4v) is 5.63. The number of halogens is 1. The predicted octanol–water partition coefficient (Wildman–Crippen LogP) is 7.86. The van der Waals surface area contributed by atoms with Crippen molar-refractivity contribution >= 4 is 45.7 Å². The number of para-hydroxylation sites is 2. The highest BCUT2D eigenvalue weighted by atomic mass is 35.5. The smallest absolute Gasteiger partial charge is 0.259 e. The number of carbonyl (C=O) groups excluding carboxylic acids is 1. The molecule has 4 nitrogen and oxygen atoms in total. The van der Waals surface area contributed by atoms with Gasteiger partial charge in [-0.2, -0.15) is 0 Å². The molecule has 0 fully saturated rings. The highest BCUT2D eigenvalue weighted by Crippen LogP contribution is 2.40. The summed E-state index contributed by atoms with van der Waals surface area (Å²) in [6.07, 6.45) is 5.94. The van der Waals surface area contributed by atoms with E-state index in [0.29, 0.717) is 22.9 Å². The molecule has 1 aliphatic carbocycles. The molecule has 4 aromatic rings. The van der Waals surface area contributed by atoms with Crippen molar-refractivity contribution < 1.29 is 9.53 Å². The van der Waals surface area contributed by atoms with Crippen molar-refractivity contribution in [1.29, 1.82) is 0 Å². The number of anilines is 1. The van der Waals surface area contributed by atoms with E-state index in [-0.39, 0.29) is 5.91 Å². The molecular weight excluding hydrogens is 476 g/mol. The molecule has 1 aliphatic rings. The highest BCUT2D eigenvalue weighted by molar-refractivity contribution is 7.16. The molecule has 0 bridgehead atoms. The Labute approximate surface area is 214 Å². The van der Waals surface area contributed by atoms with Gasteiger partial charge >= 0.3 is 0 Å². The Kier molecular flexibility index (Phi) is 7.26. The summed E-state index contributed by atoms with van der Waals surface area (Å²) in [4.78, 5) is 19.4. The highest BCUT2D eigenvalue weighted by Gasteiger charge is 2.25. The Hall–Kier alpha value is -3.41. The topological polar surface area (TPSA) is 50.7 Å². The first kappa shape index (κ1) is 23.3. The molecule has 176 valence electrons. The van der Waals surface area contributed by atoms with Crippen molar-refractivity contribution in [3.63, 3.8) is 0 Å². The van der Waals surface area contributed by atoms with Gasteiger partial charge in [0.15, 0.2) is 0 Å². The van der Waals surface area contributed by atoms with E-state index in [4.69, 9.17) is 21.3 Å². The normalized spacial score (nSPS) is 12.9. The van der Waals surface area contributed by atoms with Gasteiger partial charge in [-0.05, 0) is 61.6 Å². The molecular formula is C29H25ClN2O2S. The molecule has 1 aromatic heterocycles. The third-order valence-electron chi connectivity index (χ3n) is 5.99. The number of amides is 1. The number of carbonyl (C=O) groups is 1. The van der Waals surface area contributed by atoms with Gasteiger partial charge < -0.3 is 10.1 Å². The molecule has 0 aliphatic heterocycles. The molecule has 0 spiro atoms. The maximum absolute atomic E-state index is 13.3. The van der Waals surface area contributed by atoms with Crippen LogP contribution >= 0.6 is 22.9 Å². The second-order valence-corrected chi connectivity index (χ2v) is 9.88. The Bertz CT molecular complexity index is 1360. The van der Waals surface area contributed by atoms with Crippen molar-refractivity contribution in [3.05, 3.63) is 111 Å². The molecule has 1 heterocycles. The second-order valence-electron chi connectivity index (χ2n) is 8.39. The Morgan fingerprint density at radius 1 is 0.971 bits per heavy atom. The van der Waals surface area contributed by atoms with E-state index in [1.807, 2.05) is 78.9 Å². The lowest BCUT2D eigenvalue weighted by Gasteiger charge is -2.13. The zero-order valence-electron chi connectivity index (χ0n) is 19.2. The number of aliphatic imine (C=N–C) groups is 1. The quantitative estimate of drug-likeness (QED) is 0.262. The van der Waals surface area contributed by atoms with E-state index < -0.39 is 0 Å². The van der Waals surface area contributed by atoms with Gasteiger partial charge in [-0.1, -0.05) is 60.1 Å². The number of rotatable bonds is 7. The van der Waals surface area contributed by atoms with E-state index in [1.165, 1.54) is 4.88 Å². The third kappa shape index (κ3) is 5.47. The first-order chi connectivity index (χ1) is 17.2. The summed E-state index contributed by atoms with van der Waals surface area (Å²) in [5.74, 6) is 0.610. The van der Waals surface area contributed by atoms with E-state index in [1.54, 1.807) is 17.6 Å². The largest absolute Gasteiger partial charge is 0.488 e. The van der Waals surface area contributed by atoms with E-state index in [9.17, 15) is 4.79 Å². The lowest BCUT2D eigenvalue weighted by molar-refractivity contribution is 0.102. The summed E-state index contributed by atoms with van der Waals surface area (Å²) in [7, 11) is 0. The minimum absolute atomic E-state index is 0.106. The Morgan fingerprint density at radius 3 is 2.57 bits per heavy atom. The average Bonchev–Trinajstić information content (AvgIpc) is 3.26. The van der Waals surface area contributed by atoms with Gasteiger partial charge in [0, 0.05) is 32.9 Å². The van der Waals surface area contributed by atoms with Gasteiger partial charge in [0.2, 0.25) is 0 Å². The van der Waals surface area contributed by atoms with Gasteiger partial charge in [-0.3, -0.25) is 4.79 Å². The van der Waals surface area contributed by atoms with E-state index in [2.05, 4.69) is 5.32 Å². The summed E-state index contributed by atoms with van der Waals surface area (Å²) < 4.78 is 6.08. The van der Waals surface area contributed by atoms with Crippen LogP contribution in [0.2, 0.25) is 5.02 Å². The number of thiophene rings is 1. The van der Waals surface area contributed by atoms with Crippen LogP contribution in [0.15, 0.2) is 83.9 Å². The van der Waals surface area contributed by atoms with Gasteiger partial charge in [0.1, 0.15) is 17.4 Å². The maximum atomic E-state index is 13.3. The summed E-state index contributed by atoms with van der Waals surface area (Å²) in [5.41, 5.74) is 4.39. The van der Waals surface area contributed by atoms with Crippen molar-refractivity contribution in [2.24, 2.45) is 4.99 Å². The fourth-order valence-electron chi connectivity index (χ4n) is 4.21. The van der Waals surface area contributed by atoms with Crippen molar-refractivity contribution in [3.8, 4) is 5.75 Å². The number of nitrogens with one attached hydrogen (secondary N) is 1. The summed E-state index contributed by atoms with van der Waals surface area (Å²) >= 11 is 7.90. The van der Waals surface area contributed by atoms with Crippen LogP contribution in [-0.2, 0) is 19.4 Å². The SMILES string of the molecule is O=C(Nc1ccccc1)c1c(N=Cc2ccccc2OCc2ccccc2Cl)sc2c1CCCC2. The zero-order chi connectivity index (χ0) is 24.0. The number of fused-ring (bicyclic) bond motifs is 1. The summed E-state index contributed by atoms with van der Waals surface area (Å²) in [5, 5.41) is 4.46.